The van der Waals surface area contributed by atoms with Crippen LogP contribution in [0.3, 0.4) is 0 Å². The van der Waals surface area contributed by atoms with E-state index in [0.29, 0.717) is 11.5 Å². The summed E-state index contributed by atoms with van der Waals surface area (Å²) < 4.78 is 0. The number of nitro benzene ring substituents is 1. The van der Waals surface area contributed by atoms with E-state index in [1.54, 1.807) is 18.2 Å². The molecular formula is C14H19N3O3. The molecule has 0 saturated carbocycles. The van der Waals surface area contributed by atoms with Gasteiger partial charge in [0.15, 0.2) is 0 Å². The number of amides is 1. The van der Waals surface area contributed by atoms with Crippen LogP contribution in [-0.2, 0) is 11.2 Å². The summed E-state index contributed by atoms with van der Waals surface area (Å²) in [5.41, 5.74) is 0.448. The fourth-order valence-electron chi connectivity index (χ4n) is 2.45. The van der Waals surface area contributed by atoms with Gasteiger partial charge in [0.25, 0.3) is 5.69 Å². The molecule has 1 amide bonds. The number of hydrogen-bond acceptors (Lipinski definition) is 4. The van der Waals surface area contributed by atoms with Gasteiger partial charge in [-0.15, -0.1) is 0 Å². The Balaban J connectivity index is 1.99. The Labute approximate surface area is 117 Å². The molecule has 1 fully saturated rings. The van der Waals surface area contributed by atoms with Crippen molar-refractivity contribution in [1.29, 1.82) is 0 Å². The Morgan fingerprint density at radius 2 is 2.25 bits per heavy atom. The second kappa shape index (κ2) is 6.47. The molecule has 108 valence electrons. The quantitative estimate of drug-likeness (QED) is 0.641. The average molecular weight is 277 g/mol. The van der Waals surface area contributed by atoms with Crippen molar-refractivity contribution in [1.82, 2.24) is 10.6 Å². The number of piperidine rings is 1. The molecular weight excluding hydrogens is 258 g/mol. The minimum absolute atomic E-state index is 0.00234. The highest BCUT2D eigenvalue weighted by Gasteiger charge is 2.23. The molecule has 20 heavy (non-hydrogen) atoms. The average Bonchev–Trinajstić information content (AvgIpc) is 2.41. The van der Waals surface area contributed by atoms with E-state index in [2.05, 4.69) is 17.6 Å². The van der Waals surface area contributed by atoms with E-state index in [-0.39, 0.29) is 24.1 Å². The third-order valence-electron chi connectivity index (χ3n) is 3.71. The predicted octanol–water partition coefficient (Wildman–Crippen LogP) is 1.25. The van der Waals surface area contributed by atoms with Crippen LogP contribution in [0.1, 0.15) is 18.9 Å². The van der Waals surface area contributed by atoms with Gasteiger partial charge in [-0.05, 0) is 18.9 Å². The minimum Gasteiger partial charge on any atom is -0.352 e. The fraction of sp³-hybridized carbons (Fsp3) is 0.500. The molecule has 1 aliphatic rings. The lowest BCUT2D eigenvalue weighted by molar-refractivity contribution is -0.385. The van der Waals surface area contributed by atoms with Gasteiger partial charge in [0.05, 0.1) is 11.3 Å². The van der Waals surface area contributed by atoms with E-state index in [0.717, 1.165) is 19.5 Å². The molecule has 0 aliphatic carbocycles. The fourth-order valence-corrected chi connectivity index (χ4v) is 2.45. The minimum atomic E-state index is -0.451. The van der Waals surface area contributed by atoms with Gasteiger partial charge >= 0.3 is 0 Å². The second-order valence-corrected chi connectivity index (χ2v) is 5.21. The lowest BCUT2D eigenvalue weighted by Gasteiger charge is -2.30. The van der Waals surface area contributed by atoms with Crippen molar-refractivity contribution < 1.29 is 9.72 Å². The molecule has 1 heterocycles. The lowest BCUT2D eigenvalue weighted by atomic mass is 9.94. The first kappa shape index (κ1) is 14.5. The lowest BCUT2D eigenvalue weighted by Crippen LogP contribution is -2.50. The van der Waals surface area contributed by atoms with Gasteiger partial charge in [-0.1, -0.05) is 25.1 Å². The number of para-hydroxylation sites is 1. The maximum atomic E-state index is 12.0. The van der Waals surface area contributed by atoms with Crippen LogP contribution in [0.5, 0.6) is 0 Å². The van der Waals surface area contributed by atoms with Gasteiger partial charge in [-0.25, -0.2) is 0 Å². The number of benzene rings is 1. The first-order valence-electron chi connectivity index (χ1n) is 6.80. The van der Waals surface area contributed by atoms with Crippen molar-refractivity contribution in [3.05, 3.63) is 39.9 Å². The molecule has 2 unspecified atom stereocenters. The van der Waals surface area contributed by atoms with Crippen LogP contribution in [0.15, 0.2) is 24.3 Å². The molecule has 1 aromatic carbocycles. The first-order valence-corrected chi connectivity index (χ1v) is 6.80. The van der Waals surface area contributed by atoms with Crippen molar-refractivity contribution in [2.24, 2.45) is 5.92 Å². The van der Waals surface area contributed by atoms with Crippen molar-refractivity contribution in [3.63, 3.8) is 0 Å². The largest absolute Gasteiger partial charge is 0.352 e. The van der Waals surface area contributed by atoms with Crippen molar-refractivity contribution in [2.45, 2.75) is 25.8 Å². The first-order chi connectivity index (χ1) is 9.58. The highest BCUT2D eigenvalue weighted by Crippen LogP contribution is 2.18. The Morgan fingerprint density at radius 3 is 2.95 bits per heavy atom. The monoisotopic (exact) mass is 277 g/mol. The summed E-state index contributed by atoms with van der Waals surface area (Å²) in [6.07, 6.45) is 1.07. The normalized spacial score (nSPS) is 22.2. The Bertz CT molecular complexity index is 504. The van der Waals surface area contributed by atoms with Crippen LogP contribution in [0.25, 0.3) is 0 Å². The third-order valence-corrected chi connectivity index (χ3v) is 3.71. The van der Waals surface area contributed by atoms with Crippen molar-refractivity contribution in [3.8, 4) is 0 Å². The Kier molecular flexibility index (Phi) is 4.68. The standard InChI is InChI=1S/C14H19N3O3/c1-10-6-7-15-9-12(10)16-14(18)8-11-4-2-3-5-13(11)17(19)20/h2-5,10,12,15H,6-9H2,1H3,(H,16,18). The number of rotatable bonds is 4. The summed E-state index contributed by atoms with van der Waals surface area (Å²) >= 11 is 0. The highest BCUT2D eigenvalue weighted by molar-refractivity contribution is 5.80. The molecule has 0 aromatic heterocycles. The molecule has 0 spiro atoms. The van der Waals surface area contributed by atoms with Crippen LogP contribution in [0, 0.1) is 16.0 Å². The maximum Gasteiger partial charge on any atom is 0.273 e. The number of nitrogens with one attached hydrogen (secondary N) is 2. The van der Waals surface area contributed by atoms with Crippen molar-refractivity contribution >= 4 is 11.6 Å². The summed E-state index contributed by atoms with van der Waals surface area (Å²) in [7, 11) is 0. The summed E-state index contributed by atoms with van der Waals surface area (Å²) in [4.78, 5) is 22.5. The smallest absolute Gasteiger partial charge is 0.273 e. The van der Waals surface area contributed by atoms with Gasteiger partial charge in [0.2, 0.25) is 5.91 Å². The summed E-state index contributed by atoms with van der Waals surface area (Å²) in [5, 5.41) is 17.1. The number of hydrogen-bond donors (Lipinski definition) is 2. The maximum absolute atomic E-state index is 12.0. The zero-order chi connectivity index (χ0) is 14.5. The summed E-state index contributed by atoms with van der Waals surface area (Å²) in [5.74, 6) is 0.255. The van der Waals surface area contributed by atoms with Gasteiger partial charge < -0.3 is 10.6 Å². The van der Waals surface area contributed by atoms with Gasteiger partial charge in [-0.2, -0.15) is 0 Å². The number of nitro groups is 1. The topological polar surface area (TPSA) is 84.3 Å². The van der Waals surface area contributed by atoms with Gasteiger partial charge in [-0.3, -0.25) is 14.9 Å². The van der Waals surface area contributed by atoms with E-state index in [1.165, 1.54) is 6.07 Å². The van der Waals surface area contributed by atoms with E-state index >= 15 is 0 Å². The zero-order valence-corrected chi connectivity index (χ0v) is 11.5. The number of carbonyl (C=O) groups is 1. The summed E-state index contributed by atoms with van der Waals surface area (Å²) in [6.45, 7) is 3.83. The molecule has 1 aromatic rings. The van der Waals surface area contributed by atoms with E-state index in [4.69, 9.17) is 0 Å². The second-order valence-electron chi connectivity index (χ2n) is 5.21. The number of nitrogens with zero attached hydrogens (tertiary/aromatic N) is 1. The van der Waals surface area contributed by atoms with Gasteiger partial charge in [0.1, 0.15) is 0 Å². The molecule has 2 rings (SSSR count). The Morgan fingerprint density at radius 1 is 1.50 bits per heavy atom. The van der Waals surface area contributed by atoms with Crippen LogP contribution in [-0.4, -0.2) is 30.0 Å². The molecule has 2 atom stereocenters. The van der Waals surface area contributed by atoms with E-state index in [9.17, 15) is 14.9 Å². The molecule has 1 saturated heterocycles. The molecule has 0 bridgehead atoms. The third kappa shape index (κ3) is 3.54. The molecule has 6 heteroatoms. The van der Waals surface area contributed by atoms with Crippen LogP contribution >= 0.6 is 0 Å². The van der Waals surface area contributed by atoms with Gasteiger partial charge in [0, 0.05) is 24.2 Å². The molecule has 1 aliphatic heterocycles. The zero-order valence-electron chi connectivity index (χ0n) is 11.5. The van der Waals surface area contributed by atoms with E-state index in [1.807, 2.05) is 0 Å². The molecule has 2 N–H and O–H groups in total. The van der Waals surface area contributed by atoms with E-state index < -0.39 is 4.92 Å². The predicted molar refractivity (Wildman–Crippen MR) is 75.4 cm³/mol. The van der Waals surface area contributed by atoms with Crippen LogP contribution in [0.2, 0.25) is 0 Å². The van der Waals surface area contributed by atoms with Crippen LogP contribution in [0.4, 0.5) is 5.69 Å². The molecule has 0 radical (unpaired) electrons. The van der Waals surface area contributed by atoms with Crippen molar-refractivity contribution in [2.75, 3.05) is 13.1 Å². The summed E-state index contributed by atoms with van der Waals surface area (Å²) in [6, 6.07) is 6.46. The SMILES string of the molecule is CC1CCNCC1NC(=O)Cc1ccccc1[N+](=O)[O-]. The van der Waals surface area contributed by atoms with Crippen LogP contribution < -0.4 is 10.6 Å². The molecule has 6 nitrogen and oxygen atoms in total. The highest BCUT2D eigenvalue weighted by atomic mass is 16.6. The Hall–Kier alpha value is -1.95. The number of carbonyl (C=O) groups excluding carboxylic acids is 1.